The topological polar surface area (TPSA) is 84.2 Å². The van der Waals surface area contributed by atoms with Crippen LogP contribution >= 0.6 is 0 Å². The van der Waals surface area contributed by atoms with Gasteiger partial charge in [-0.25, -0.2) is 4.98 Å². The zero-order valence-electron chi connectivity index (χ0n) is 10.1. The molecule has 0 fully saturated rings. The van der Waals surface area contributed by atoms with Crippen LogP contribution < -0.4 is 10.5 Å². The quantitative estimate of drug-likeness (QED) is 0.627. The number of nitrogens with one attached hydrogen (secondary N) is 1. The molecule has 3 aromatic rings. The lowest BCUT2D eigenvalue weighted by Crippen LogP contribution is -1.97. The maximum absolute atomic E-state index is 9.39. The van der Waals surface area contributed by atoms with Crippen molar-refractivity contribution in [1.29, 1.82) is 0 Å². The molecule has 1 heterocycles. The van der Waals surface area contributed by atoms with Gasteiger partial charge in [0.25, 0.3) is 0 Å². The molecule has 0 aliphatic rings. The highest BCUT2D eigenvalue weighted by Gasteiger charge is 2.04. The first kappa shape index (κ1) is 11.4. The van der Waals surface area contributed by atoms with E-state index in [1.54, 1.807) is 30.3 Å². The Bertz CT molecular complexity index is 722. The molecule has 5 nitrogen and oxygen atoms in total. The fourth-order valence-electron chi connectivity index (χ4n) is 1.87. The summed E-state index contributed by atoms with van der Waals surface area (Å²) in [6.07, 6.45) is 0. The van der Waals surface area contributed by atoms with Gasteiger partial charge < -0.3 is 20.6 Å². The van der Waals surface area contributed by atoms with E-state index in [9.17, 15) is 5.11 Å². The van der Waals surface area contributed by atoms with E-state index in [4.69, 9.17) is 10.5 Å². The van der Waals surface area contributed by atoms with Gasteiger partial charge in [-0.2, -0.15) is 0 Å². The maximum atomic E-state index is 9.39. The van der Waals surface area contributed by atoms with E-state index in [1.807, 2.05) is 12.1 Å². The molecule has 0 radical (unpaired) electrons. The number of aromatic nitrogens is 2. The van der Waals surface area contributed by atoms with Gasteiger partial charge in [-0.05, 0) is 24.3 Å². The lowest BCUT2D eigenvalue weighted by atomic mass is 10.3. The molecule has 0 saturated carbocycles. The first-order valence-corrected chi connectivity index (χ1v) is 5.87. The van der Waals surface area contributed by atoms with Gasteiger partial charge in [0.1, 0.15) is 23.9 Å². The van der Waals surface area contributed by atoms with Crippen LogP contribution in [-0.2, 0) is 6.61 Å². The molecule has 3 rings (SSSR count). The Morgan fingerprint density at radius 2 is 2.11 bits per heavy atom. The van der Waals surface area contributed by atoms with Crippen molar-refractivity contribution in [3.8, 4) is 11.5 Å². The second kappa shape index (κ2) is 4.53. The number of nitrogens with two attached hydrogens (primary N) is 1. The SMILES string of the molecule is Nc1cccc(OCc2nc3ccc(O)cc3[nH]2)c1. The fraction of sp³-hybridized carbons (Fsp3) is 0.0714. The molecule has 0 aliphatic carbocycles. The molecule has 0 amide bonds. The third kappa shape index (κ3) is 2.44. The summed E-state index contributed by atoms with van der Waals surface area (Å²) in [7, 11) is 0. The van der Waals surface area contributed by atoms with Gasteiger partial charge in [0.05, 0.1) is 11.0 Å². The average Bonchev–Trinajstić information content (AvgIpc) is 2.78. The number of ether oxygens (including phenoxy) is 1. The molecule has 2 aromatic carbocycles. The van der Waals surface area contributed by atoms with Crippen molar-refractivity contribution < 1.29 is 9.84 Å². The minimum absolute atomic E-state index is 0.208. The number of nitrogens with zero attached hydrogens (tertiary/aromatic N) is 1. The number of H-pyrrole nitrogens is 1. The number of nitrogen functional groups attached to an aromatic ring is 1. The van der Waals surface area contributed by atoms with E-state index < -0.39 is 0 Å². The molecule has 19 heavy (non-hydrogen) atoms. The summed E-state index contributed by atoms with van der Waals surface area (Å²) in [5, 5.41) is 9.39. The van der Waals surface area contributed by atoms with Crippen molar-refractivity contribution in [2.75, 3.05) is 5.73 Å². The number of phenols is 1. The Morgan fingerprint density at radius 3 is 2.95 bits per heavy atom. The Hall–Kier alpha value is -2.69. The summed E-state index contributed by atoms with van der Waals surface area (Å²) in [6.45, 7) is 0.318. The number of fused-ring (bicyclic) bond motifs is 1. The molecule has 4 N–H and O–H groups in total. The van der Waals surface area contributed by atoms with Gasteiger partial charge in [0, 0.05) is 17.8 Å². The first-order valence-electron chi connectivity index (χ1n) is 5.87. The van der Waals surface area contributed by atoms with Crippen LogP contribution in [0.25, 0.3) is 11.0 Å². The average molecular weight is 255 g/mol. The van der Waals surface area contributed by atoms with Gasteiger partial charge in [0.2, 0.25) is 0 Å². The summed E-state index contributed by atoms with van der Waals surface area (Å²) >= 11 is 0. The van der Waals surface area contributed by atoms with E-state index >= 15 is 0 Å². The van der Waals surface area contributed by atoms with Crippen LogP contribution in [0.4, 0.5) is 5.69 Å². The molecule has 1 aromatic heterocycles. The van der Waals surface area contributed by atoms with E-state index in [1.165, 1.54) is 0 Å². The highest BCUT2D eigenvalue weighted by molar-refractivity contribution is 5.76. The van der Waals surface area contributed by atoms with Crippen molar-refractivity contribution in [2.45, 2.75) is 6.61 Å². The molecular weight excluding hydrogens is 242 g/mol. The lowest BCUT2D eigenvalue weighted by Gasteiger charge is -2.04. The highest BCUT2D eigenvalue weighted by atomic mass is 16.5. The van der Waals surface area contributed by atoms with Crippen LogP contribution in [0.5, 0.6) is 11.5 Å². The Labute approximate surface area is 109 Å². The van der Waals surface area contributed by atoms with Crippen LogP contribution in [0.2, 0.25) is 0 Å². The molecule has 0 spiro atoms. The highest BCUT2D eigenvalue weighted by Crippen LogP contribution is 2.19. The standard InChI is InChI=1S/C14H13N3O2/c15-9-2-1-3-11(6-9)19-8-14-16-12-5-4-10(18)7-13(12)17-14/h1-7,18H,8,15H2,(H,16,17). The van der Waals surface area contributed by atoms with Crippen LogP contribution in [0.1, 0.15) is 5.82 Å². The van der Waals surface area contributed by atoms with Gasteiger partial charge in [-0.15, -0.1) is 0 Å². The van der Waals surface area contributed by atoms with E-state index in [0.29, 0.717) is 23.9 Å². The zero-order chi connectivity index (χ0) is 13.2. The van der Waals surface area contributed by atoms with Crippen molar-refractivity contribution >= 4 is 16.7 Å². The van der Waals surface area contributed by atoms with Gasteiger partial charge >= 0.3 is 0 Å². The number of anilines is 1. The van der Waals surface area contributed by atoms with Crippen LogP contribution in [0.15, 0.2) is 42.5 Å². The van der Waals surface area contributed by atoms with E-state index in [2.05, 4.69) is 9.97 Å². The van der Waals surface area contributed by atoms with Crippen LogP contribution in [0.3, 0.4) is 0 Å². The molecule has 0 unspecified atom stereocenters. The number of benzene rings is 2. The number of rotatable bonds is 3. The largest absolute Gasteiger partial charge is 0.508 e. The van der Waals surface area contributed by atoms with Crippen LogP contribution in [0, 0.1) is 0 Å². The number of aromatic amines is 1. The second-order valence-corrected chi connectivity index (χ2v) is 4.25. The van der Waals surface area contributed by atoms with Crippen molar-refractivity contribution in [3.05, 3.63) is 48.3 Å². The summed E-state index contributed by atoms with van der Waals surface area (Å²) < 4.78 is 5.60. The third-order valence-corrected chi connectivity index (χ3v) is 2.75. The zero-order valence-corrected chi connectivity index (χ0v) is 10.1. The third-order valence-electron chi connectivity index (χ3n) is 2.75. The number of imidazole rings is 1. The van der Waals surface area contributed by atoms with Crippen molar-refractivity contribution in [1.82, 2.24) is 9.97 Å². The smallest absolute Gasteiger partial charge is 0.146 e. The van der Waals surface area contributed by atoms with Crippen LogP contribution in [-0.4, -0.2) is 15.1 Å². The minimum Gasteiger partial charge on any atom is -0.508 e. The number of aromatic hydroxyl groups is 1. The molecule has 5 heteroatoms. The van der Waals surface area contributed by atoms with E-state index in [0.717, 1.165) is 11.0 Å². The predicted molar refractivity (Wildman–Crippen MR) is 72.9 cm³/mol. The summed E-state index contributed by atoms with van der Waals surface area (Å²) in [5.74, 6) is 1.60. The fourth-order valence-corrected chi connectivity index (χ4v) is 1.87. The normalized spacial score (nSPS) is 10.7. The molecular formula is C14H13N3O2. The summed E-state index contributed by atoms with van der Waals surface area (Å²) in [6, 6.07) is 12.2. The monoisotopic (exact) mass is 255 g/mol. The van der Waals surface area contributed by atoms with Gasteiger partial charge in [-0.1, -0.05) is 6.07 Å². The first-order chi connectivity index (χ1) is 9.20. The minimum atomic E-state index is 0.208. The lowest BCUT2D eigenvalue weighted by molar-refractivity contribution is 0.297. The Morgan fingerprint density at radius 1 is 1.21 bits per heavy atom. The Balaban J connectivity index is 1.78. The molecule has 0 bridgehead atoms. The van der Waals surface area contributed by atoms with Gasteiger partial charge in [0.15, 0.2) is 0 Å². The summed E-state index contributed by atoms with van der Waals surface area (Å²) in [4.78, 5) is 7.46. The van der Waals surface area contributed by atoms with Gasteiger partial charge in [-0.3, -0.25) is 0 Å². The molecule has 0 saturated heterocycles. The van der Waals surface area contributed by atoms with Crippen molar-refractivity contribution in [2.24, 2.45) is 0 Å². The number of hydrogen-bond donors (Lipinski definition) is 3. The maximum Gasteiger partial charge on any atom is 0.146 e. The van der Waals surface area contributed by atoms with E-state index in [-0.39, 0.29) is 5.75 Å². The number of hydrogen-bond acceptors (Lipinski definition) is 4. The summed E-state index contributed by atoms with van der Waals surface area (Å²) in [5.41, 5.74) is 7.91. The molecule has 0 aliphatic heterocycles. The number of phenolic OH excluding ortho intramolecular Hbond substituents is 1. The second-order valence-electron chi connectivity index (χ2n) is 4.25. The van der Waals surface area contributed by atoms with Crippen molar-refractivity contribution in [3.63, 3.8) is 0 Å². The molecule has 96 valence electrons. The molecule has 0 atom stereocenters. The Kier molecular flexibility index (Phi) is 2.72. The predicted octanol–water partition coefficient (Wildman–Crippen LogP) is 2.43.